The molecule has 0 aliphatic rings. The average molecular weight is 314 g/mol. The van der Waals surface area contributed by atoms with Crippen LogP contribution in [0.5, 0.6) is 5.75 Å². The topological polar surface area (TPSA) is 107 Å². The van der Waals surface area contributed by atoms with Crippen LogP contribution in [0.15, 0.2) is 47.7 Å². The quantitative estimate of drug-likeness (QED) is 0.499. The van der Waals surface area contributed by atoms with Gasteiger partial charge in [-0.1, -0.05) is 0 Å². The van der Waals surface area contributed by atoms with Gasteiger partial charge in [-0.15, -0.1) is 0 Å². The molecule has 0 saturated heterocycles. The Morgan fingerprint density at radius 2 is 2.13 bits per heavy atom. The van der Waals surface area contributed by atoms with Gasteiger partial charge in [0, 0.05) is 31.6 Å². The Hall–Kier alpha value is -3.29. The predicted molar refractivity (Wildman–Crippen MR) is 84.4 cm³/mol. The third-order valence-corrected chi connectivity index (χ3v) is 2.87. The number of benzene rings is 1. The maximum atomic E-state index is 11.7. The molecule has 1 amide bonds. The maximum Gasteiger partial charge on any atom is 0.269 e. The largest absolute Gasteiger partial charge is 0.488 e. The van der Waals surface area contributed by atoms with E-state index in [-0.39, 0.29) is 18.2 Å². The third-order valence-electron chi connectivity index (χ3n) is 2.87. The summed E-state index contributed by atoms with van der Waals surface area (Å²) in [5.74, 6) is 0.232. The van der Waals surface area contributed by atoms with Gasteiger partial charge < -0.3 is 10.1 Å². The first-order valence-electron chi connectivity index (χ1n) is 6.67. The van der Waals surface area contributed by atoms with Gasteiger partial charge in [-0.2, -0.15) is 0 Å². The number of hydrogen-bond donors (Lipinski definition) is 1. The zero-order valence-corrected chi connectivity index (χ0v) is 12.3. The average Bonchev–Trinajstić information content (AvgIpc) is 2.58. The molecule has 8 heteroatoms. The molecule has 0 fully saturated rings. The number of non-ortho nitro benzene ring substituents is 1. The van der Waals surface area contributed by atoms with Crippen molar-refractivity contribution in [3.8, 4) is 5.75 Å². The van der Waals surface area contributed by atoms with Crippen molar-refractivity contribution < 1.29 is 14.5 Å². The number of amides is 1. The summed E-state index contributed by atoms with van der Waals surface area (Å²) in [5, 5.41) is 13.1. The number of ether oxygens (including phenoxy) is 1. The van der Waals surface area contributed by atoms with E-state index in [4.69, 9.17) is 4.74 Å². The van der Waals surface area contributed by atoms with Crippen LogP contribution in [0.3, 0.4) is 0 Å². The lowest BCUT2D eigenvalue weighted by molar-refractivity contribution is -0.384. The summed E-state index contributed by atoms with van der Waals surface area (Å²) in [6, 6.07) is 7.30. The molecule has 0 radical (unpaired) electrons. The number of pyridine rings is 1. The molecule has 1 aromatic carbocycles. The molecule has 0 spiro atoms. The van der Waals surface area contributed by atoms with Crippen LogP contribution < -0.4 is 10.1 Å². The van der Waals surface area contributed by atoms with E-state index < -0.39 is 4.92 Å². The van der Waals surface area contributed by atoms with Gasteiger partial charge in [0.05, 0.1) is 22.4 Å². The summed E-state index contributed by atoms with van der Waals surface area (Å²) in [6.07, 6.45) is 4.48. The van der Waals surface area contributed by atoms with Crippen LogP contribution in [0.2, 0.25) is 0 Å². The van der Waals surface area contributed by atoms with Crippen LogP contribution in [0, 0.1) is 10.1 Å². The lowest BCUT2D eigenvalue weighted by atomic mass is 10.2. The van der Waals surface area contributed by atoms with E-state index in [0.717, 1.165) is 0 Å². The minimum Gasteiger partial charge on any atom is -0.488 e. The molecule has 0 aliphatic heterocycles. The molecule has 0 bridgehead atoms. The smallest absolute Gasteiger partial charge is 0.269 e. The van der Waals surface area contributed by atoms with Crippen LogP contribution in [0.25, 0.3) is 0 Å². The highest BCUT2D eigenvalue weighted by Crippen LogP contribution is 2.18. The summed E-state index contributed by atoms with van der Waals surface area (Å²) in [4.78, 5) is 29.8. The third kappa shape index (κ3) is 4.34. The molecule has 2 aromatic rings. The highest BCUT2D eigenvalue weighted by molar-refractivity contribution is 5.99. The molecule has 2 rings (SSSR count). The molecule has 23 heavy (non-hydrogen) atoms. The molecule has 1 heterocycles. The zero-order valence-electron chi connectivity index (χ0n) is 12.3. The summed E-state index contributed by atoms with van der Waals surface area (Å²) < 4.78 is 5.40. The van der Waals surface area contributed by atoms with E-state index in [1.807, 2.05) is 0 Å². The Morgan fingerprint density at radius 1 is 1.39 bits per heavy atom. The number of carbonyl (C=O) groups is 1. The zero-order chi connectivity index (χ0) is 16.7. The normalized spacial score (nSPS) is 10.5. The molecule has 0 saturated carbocycles. The molecule has 1 aromatic heterocycles. The Balaban J connectivity index is 1.97. The molecule has 0 unspecified atom stereocenters. The van der Waals surface area contributed by atoms with Gasteiger partial charge in [-0.3, -0.25) is 24.9 Å². The number of carbonyl (C=O) groups excluding carboxylic acids is 1. The van der Waals surface area contributed by atoms with Crippen LogP contribution in [0.4, 0.5) is 11.4 Å². The standard InChI is InChI=1S/C15H14N4O4/c1-16-15(20)13-6-7-17-10-14(13)18-8-9-23-12-4-2-11(3-5-12)19(21)22/h2-8,10H,9H2,1H3,(H,16,20). The van der Waals surface area contributed by atoms with Gasteiger partial charge in [0.25, 0.3) is 11.6 Å². The van der Waals surface area contributed by atoms with E-state index in [2.05, 4.69) is 15.3 Å². The van der Waals surface area contributed by atoms with Gasteiger partial charge in [0.2, 0.25) is 0 Å². The summed E-state index contributed by atoms with van der Waals surface area (Å²) in [7, 11) is 1.54. The van der Waals surface area contributed by atoms with E-state index in [1.165, 1.54) is 49.9 Å². The molecular formula is C15H14N4O4. The SMILES string of the molecule is CNC(=O)c1ccncc1N=CCOc1ccc([N+](=O)[O-])cc1. The maximum absolute atomic E-state index is 11.7. The summed E-state index contributed by atoms with van der Waals surface area (Å²) in [5.41, 5.74) is 0.838. The second-order valence-electron chi connectivity index (χ2n) is 4.35. The lowest BCUT2D eigenvalue weighted by Crippen LogP contribution is -2.17. The fourth-order valence-corrected chi connectivity index (χ4v) is 1.75. The van der Waals surface area contributed by atoms with Crippen molar-refractivity contribution in [3.05, 3.63) is 58.4 Å². The second kappa shape index (κ2) is 7.64. The number of hydrogen-bond acceptors (Lipinski definition) is 6. The molecular weight excluding hydrogens is 300 g/mol. The van der Waals surface area contributed by atoms with Gasteiger partial charge in [0.1, 0.15) is 12.4 Å². The summed E-state index contributed by atoms with van der Waals surface area (Å²) >= 11 is 0. The Labute approximate surface area is 132 Å². The molecule has 0 atom stereocenters. The Morgan fingerprint density at radius 3 is 2.78 bits per heavy atom. The first-order valence-corrected chi connectivity index (χ1v) is 6.67. The predicted octanol–water partition coefficient (Wildman–Crippen LogP) is 2.13. The highest BCUT2D eigenvalue weighted by atomic mass is 16.6. The molecule has 1 N–H and O–H groups in total. The minimum absolute atomic E-state index is 0.00315. The highest BCUT2D eigenvalue weighted by Gasteiger charge is 2.08. The van der Waals surface area contributed by atoms with Gasteiger partial charge in [-0.25, -0.2) is 0 Å². The molecule has 8 nitrogen and oxygen atoms in total. The number of nitrogens with one attached hydrogen (secondary N) is 1. The van der Waals surface area contributed by atoms with Crippen LogP contribution in [-0.4, -0.2) is 35.7 Å². The monoisotopic (exact) mass is 314 g/mol. The molecule has 0 aliphatic carbocycles. The lowest BCUT2D eigenvalue weighted by Gasteiger charge is -2.04. The number of aliphatic imine (C=N–C) groups is 1. The van der Waals surface area contributed by atoms with E-state index >= 15 is 0 Å². The van der Waals surface area contributed by atoms with Crippen molar-refractivity contribution in [2.45, 2.75) is 0 Å². The van der Waals surface area contributed by atoms with Crippen molar-refractivity contribution in [2.75, 3.05) is 13.7 Å². The number of nitrogens with zero attached hydrogens (tertiary/aromatic N) is 3. The Kier molecular flexibility index (Phi) is 5.35. The number of rotatable bonds is 6. The Bertz CT molecular complexity index is 729. The van der Waals surface area contributed by atoms with Crippen molar-refractivity contribution in [1.29, 1.82) is 0 Å². The van der Waals surface area contributed by atoms with Crippen molar-refractivity contribution >= 4 is 23.5 Å². The van der Waals surface area contributed by atoms with E-state index in [1.54, 1.807) is 6.07 Å². The van der Waals surface area contributed by atoms with Crippen molar-refractivity contribution in [3.63, 3.8) is 0 Å². The van der Waals surface area contributed by atoms with E-state index in [9.17, 15) is 14.9 Å². The summed E-state index contributed by atoms with van der Waals surface area (Å²) in [6.45, 7) is 0.153. The minimum atomic E-state index is -0.478. The van der Waals surface area contributed by atoms with Crippen molar-refractivity contribution in [1.82, 2.24) is 10.3 Å². The van der Waals surface area contributed by atoms with Gasteiger partial charge in [0.15, 0.2) is 0 Å². The second-order valence-corrected chi connectivity index (χ2v) is 4.35. The van der Waals surface area contributed by atoms with Crippen LogP contribution >= 0.6 is 0 Å². The number of nitro groups is 1. The van der Waals surface area contributed by atoms with Crippen molar-refractivity contribution in [2.24, 2.45) is 4.99 Å². The number of aromatic nitrogens is 1. The van der Waals surface area contributed by atoms with Gasteiger partial charge in [-0.05, 0) is 18.2 Å². The first-order chi connectivity index (χ1) is 11.1. The number of nitro benzene ring substituents is 1. The van der Waals surface area contributed by atoms with E-state index in [0.29, 0.717) is 17.0 Å². The molecule has 118 valence electrons. The van der Waals surface area contributed by atoms with Gasteiger partial charge >= 0.3 is 0 Å². The fraction of sp³-hybridized carbons (Fsp3) is 0.133. The first kappa shape index (κ1) is 16.1. The van der Waals surface area contributed by atoms with Crippen LogP contribution in [0.1, 0.15) is 10.4 Å². The fourth-order valence-electron chi connectivity index (χ4n) is 1.75. The van der Waals surface area contributed by atoms with Crippen LogP contribution in [-0.2, 0) is 0 Å².